The lowest BCUT2D eigenvalue weighted by Crippen LogP contribution is -2.09. The maximum Gasteiger partial charge on any atom is 0.305 e. The van der Waals surface area contributed by atoms with Crippen molar-refractivity contribution in [3.63, 3.8) is 0 Å². The van der Waals surface area contributed by atoms with E-state index in [0.717, 1.165) is 44.9 Å². The minimum Gasteiger partial charge on any atom is -0.466 e. The predicted molar refractivity (Wildman–Crippen MR) is 144 cm³/mol. The van der Waals surface area contributed by atoms with E-state index in [2.05, 4.69) is 20.8 Å². The molecular formula is C30H58O4. The molecule has 0 aliphatic rings. The first kappa shape index (κ1) is 32.9. The van der Waals surface area contributed by atoms with Crippen molar-refractivity contribution in [3.8, 4) is 0 Å². The highest BCUT2D eigenvalue weighted by atomic mass is 16.5. The monoisotopic (exact) mass is 482 g/mol. The zero-order chi connectivity index (χ0) is 25.1. The number of hydrogen-bond donors (Lipinski definition) is 0. The van der Waals surface area contributed by atoms with Gasteiger partial charge in [0.1, 0.15) is 0 Å². The standard InChI is InChI=1S/C30H58O4/c1-4-7-26-33-29(31)23-21-19-17-15-13-11-9-10-12-14-16-18-20-22-28(6-3)24-25-30(32)34-27-8-5-2/h28H,4-27H2,1-3H3. The largest absolute Gasteiger partial charge is 0.466 e. The van der Waals surface area contributed by atoms with E-state index in [4.69, 9.17) is 9.47 Å². The maximum atomic E-state index is 11.8. The summed E-state index contributed by atoms with van der Waals surface area (Å²) in [5, 5.41) is 0. The van der Waals surface area contributed by atoms with Gasteiger partial charge in [0.15, 0.2) is 0 Å². The molecule has 0 heterocycles. The summed E-state index contributed by atoms with van der Waals surface area (Å²) in [4.78, 5) is 23.3. The third-order valence-electron chi connectivity index (χ3n) is 6.85. The molecule has 4 heteroatoms. The van der Waals surface area contributed by atoms with Crippen LogP contribution in [0.25, 0.3) is 0 Å². The van der Waals surface area contributed by atoms with Crippen molar-refractivity contribution in [1.29, 1.82) is 0 Å². The van der Waals surface area contributed by atoms with Crippen molar-refractivity contribution in [2.24, 2.45) is 5.92 Å². The molecule has 1 atom stereocenters. The Labute approximate surface area is 212 Å². The first-order chi connectivity index (χ1) is 16.6. The van der Waals surface area contributed by atoms with Gasteiger partial charge in [0.2, 0.25) is 0 Å². The Kier molecular flexibility index (Phi) is 25.7. The van der Waals surface area contributed by atoms with Gasteiger partial charge in [-0.2, -0.15) is 0 Å². The van der Waals surface area contributed by atoms with Crippen molar-refractivity contribution in [3.05, 3.63) is 0 Å². The molecule has 0 aromatic carbocycles. The van der Waals surface area contributed by atoms with E-state index < -0.39 is 0 Å². The summed E-state index contributed by atoms with van der Waals surface area (Å²) in [6.45, 7) is 7.65. The molecule has 0 rings (SSSR count). The number of hydrogen-bond acceptors (Lipinski definition) is 4. The number of unbranched alkanes of at least 4 members (excludes halogenated alkanes) is 14. The van der Waals surface area contributed by atoms with Crippen molar-refractivity contribution in [2.45, 2.75) is 162 Å². The molecule has 0 radical (unpaired) electrons. The maximum absolute atomic E-state index is 11.8. The van der Waals surface area contributed by atoms with E-state index in [9.17, 15) is 9.59 Å². The smallest absolute Gasteiger partial charge is 0.305 e. The second-order valence-electron chi connectivity index (χ2n) is 10.1. The Morgan fingerprint density at radius 2 is 0.912 bits per heavy atom. The molecule has 0 fully saturated rings. The predicted octanol–water partition coefficient (Wildman–Crippen LogP) is 9.33. The summed E-state index contributed by atoms with van der Waals surface area (Å²) >= 11 is 0. The zero-order valence-electron chi connectivity index (χ0n) is 23.2. The number of rotatable bonds is 26. The van der Waals surface area contributed by atoms with E-state index in [1.807, 2.05) is 0 Å². The molecule has 0 bridgehead atoms. The van der Waals surface area contributed by atoms with Crippen LogP contribution in [0.4, 0.5) is 0 Å². The lowest BCUT2D eigenvalue weighted by molar-refractivity contribution is -0.144. The molecular weight excluding hydrogens is 424 g/mol. The minimum atomic E-state index is -0.0154. The fraction of sp³-hybridized carbons (Fsp3) is 0.933. The van der Waals surface area contributed by atoms with E-state index >= 15 is 0 Å². The Bertz CT molecular complexity index is 449. The molecule has 0 saturated heterocycles. The summed E-state index contributed by atoms with van der Waals surface area (Å²) in [6, 6.07) is 0. The molecule has 0 spiro atoms. The lowest BCUT2D eigenvalue weighted by Gasteiger charge is -2.14. The van der Waals surface area contributed by atoms with Crippen LogP contribution in [-0.4, -0.2) is 25.2 Å². The molecule has 0 saturated carbocycles. The highest BCUT2D eigenvalue weighted by molar-refractivity contribution is 5.69. The van der Waals surface area contributed by atoms with Gasteiger partial charge in [-0.1, -0.05) is 124 Å². The summed E-state index contributed by atoms with van der Waals surface area (Å²) in [5.74, 6) is 0.656. The topological polar surface area (TPSA) is 52.6 Å². The van der Waals surface area contributed by atoms with E-state index in [0.29, 0.717) is 32.0 Å². The molecule has 0 amide bonds. The third-order valence-corrected chi connectivity index (χ3v) is 6.85. The van der Waals surface area contributed by atoms with E-state index in [1.165, 1.54) is 83.5 Å². The van der Waals surface area contributed by atoms with Gasteiger partial charge in [0.05, 0.1) is 13.2 Å². The average molecular weight is 483 g/mol. The summed E-state index contributed by atoms with van der Waals surface area (Å²) < 4.78 is 10.5. The van der Waals surface area contributed by atoms with E-state index in [1.54, 1.807) is 0 Å². The van der Waals surface area contributed by atoms with Crippen molar-refractivity contribution < 1.29 is 19.1 Å². The van der Waals surface area contributed by atoms with Crippen LogP contribution in [-0.2, 0) is 19.1 Å². The van der Waals surface area contributed by atoms with Gasteiger partial charge in [0, 0.05) is 12.8 Å². The quantitative estimate of drug-likeness (QED) is 0.0910. The summed E-state index contributed by atoms with van der Waals surface area (Å²) in [6.07, 6.45) is 25.6. The number of esters is 2. The first-order valence-corrected chi connectivity index (χ1v) is 14.9. The fourth-order valence-electron chi connectivity index (χ4n) is 4.33. The van der Waals surface area contributed by atoms with Gasteiger partial charge < -0.3 is 9.47 Å². The lowest BCUT2D eigenvalue weighted by atomic mass is 9.93. The van der Waals surface area contributed by atoms with Gasteiger partial charge in [-0.3, -0.25) is 9.59 Å². The van der Waals surface area contributed by atoms with Crippen LogP contribution in [0.3, 0.4) is 0 Å². The second-order valence-corrected chi connectivity index (χ2v) is 10.1. The van der Waals surface area contributed by atoms with Crippen LogP contribution in [0.2, 0.25) is 0 Å². The molecule has 0 aromatic heterocycles. The number of ether oxygens (including phenoxy) is 2. The molecule has 0 aliphatic carbocycles. The van der Waals surface area contributed by atoms with Crippen LogP contribution < -0.4 is 0 Å². The zero-order valence-corrected chi connectivity index (χ0v) is 23.2. The van der Waals surface area contributed by atoms with Gasteiger partial charge in [-0.25, -0.2) is 0 Å². The summed E-state index contributed by atoms with van der Waals surface area (Å²) in [7, 11) is 0. The Morgan fingerprint density at radius 3 is 1.35 bits per heavy atom. The number of carbonyl (C=O) groups is 2. The van der Waals surface area contributed by atoms with Crippen molar-refractivity contribution >= 4 is 11.9 Å². The molecule has 202 valence electrons. The molecule has 0 N–H and O–H groups in total. The molecule has 1 unspecified atom stereocenters. The fourth-order valence-corrected chi connectivity index (χ4v) is 4.33. The SMILES string of the molecule is CCCCOC(=O)CCCCCCCCCCCCCCCC(CC)CCC(=O)OCCCC. The summed E-state index contributed by atoms with van der Waals surface area (Å²) in [5.41, 5.74) is 0. The molecule has 0 aliphatic heterocycles. The minimum absolute atomic E-state index is 0.00772. The van der Waals surface area contributed by atoms with Crippen LogP contribution in [0.5, 0.6) is 0 Å². The van der Waals surface area contributed by atoms with Crippen molar-refractivity contribution in [1.82, 2.24) is 0 Å². The first-order valence-electron chi connectivity index (χ1n) is 14.9. The van der Waals surface area contributed by atoms with Gasteiger partial charge in [-0.05, 0) is 31.6 Å². The van der Waals surface area contributed by atoms with Crippen LogP contribution in [0.1, 0.15) is 162 Å². The van der Waals surface area contributed by atoms with Gasteiger partial charge in [0.25, 0.3) is 0 Å². The second kappa shape index (κ2) is 26.5. The van der Waals surface area contributed by atoms with Gasteiger partial charge >= 0.3 is 11.9 Å². The highest BCUT2D eigenvalue weighted by Gasteiger charge is 2.10. The molecule has 0 aromatic rings. The van der Waals surface area contributed by atoms with E-state index in [-0.39, 0.29) is 11.9 Å². The van der Waals surface area contributed by atoms with Crippen LogP contribution >= 0.6 is 0 Å². The normalized spacial score (nSPS) is 12.0. The molecule has 34 heavy (non-hydrogen) atoms. The van der Waals surface area contributed by atoms with Crippen LogP contribution in [0.15, 0.2) is 0 Å². The average Bonchev–Trinajstić information content (AvgIpc) is 2.83. The van der Waals surface area contributed by atoms with Crippen LogP contribution in [0, 0.1) is 5.92 Å². The third kappa shape index (κ3) is 24.1. The highest BCUT2D eigenvalue weighted by Crippen LogP contribution is 2.20. The van der Waals surface area contributed by atoms with Gasteiger partial charge in [-0.15, -0.1) is 0 Å². The van der Waals surface area contributed by atoms with Crippen molar-refractivity contribution in [2.75, 3.05) is 13.2 Å². The Morgan fingerprint density at radius 1 is 0.500 bits per heavy atom. The number of carbonyl (C=O) groups excluding carboxylic acids is 2. The Balaban J connectivity index is 3.35. The molecule has 4 nitrogen and oxygen atoms in total. The Hall–Kier alpha value is -1.06.